The largest absolute Gasteiger partial charge is 0.479 e. The molecule has 0 saturated carbocycles. The zero-order valence-electron chi connectivity index (χ0n) is 9.50. The number of morpholine rings is 1. The zero-order valence-corrected chi connectivity index (χ0v) is 10.3. The monoisotopic (exact) mass is 265 g/mol. The smallest absolute Gasteiger partial charge is 0.316 e. The maximum Gasteiger partial charge on any atom is 0.316 e. The fraction of sp³-hybridized carbons (Fsp3) is 0.364. The van der Waals surface area contributed by atoms with Crippen LogP contribution in [0.4, 0.5) is 5.82 Å². The molecule has 1 aliphatic heterocycles. The average molecular weight is 265 g/mol. The first-order valence-corrected chi connectivity index (χ1v) is 6.38. The van der Waals surface area contributed by atoms with Crippen molar-refractivity contribution in [1.82, 2.24) is 9.97 Å². The first kappa shape index (κ1) is 11.4. The summed E-state index contributed by atoms with van der Waals surface area (Å²) < 4.78 is 6.12. The van der Waals surface area contributed by atoms with E-state index in [-0.39, 0.29) is 6.01 Å². The Labute approximate surface area is 107 Å². The molecule has 0 aromatic carbocycles. The molecule has 3 heterocycles. The molecular formula is C11H11N3O3S. The van der Waals surface area contributed by atoms with Crippen molar-refractivity contribution in [3.63, 3.8) is 0 Å². The second kappa shape index (κ2) is 4.51. The van der Waals surface area contributed by atoms with E-state index in [4.69, 9.17) is 4.74 Å². The van der Waals surface area contributed by atoms with Gasteiger partial charge in [-0.3, -0.25) is 4.79 Å². The molecule has 0 unspecified atom stereocenters. The molecule has 3 rings (SSSR count). The molecule has 0 atom stereocenters. The van der Waals surface area contributed by atoms with Gasteiger partial charge in [-0.2, -0.15) is 9.97 Å². The number of rotatable bonds is 2. The van der Waals surface area contributed by atoms with Gasteiger partial charge in [-0.1, -0.05) is 0 Å². The third-order valence-electron chi connectivity index (χ3n) is 2.79. The second-order valence-corrected chi connectivity index (χ2v) is 5.01. The van der Waals surface area contributed by atoms with Crippen LogP contribution in [0, 0.1) is 0 Å². The van der Waals surface area contributed by atoms with Gasteiger partial charge in [-0.05, 0) is 6.07 Å². The number of carbonyl (C=O) groups excluding carboxylic acids is 1. The van der Waals surface area contributed by atoms with Crippen LogP contribution in [-0.4, -0.2) is 47.7 Å². The lowest BCUT2D eigenvalue weighted by Gasteiger charge is -2.27. The van der Waals surface area contributed by atoms with E-state index < -0.39 is 0 Å². The number of aldehydes is 1. The first-order valence-electron chi connectivity index (χ1n) is 5.56. The Morgan fingerprint density at radius 1 is 1.39 bits per heavy atom. The molecule has 0 bridgehead atoms. The molecule has 0 amide bonds. The summed E-state index contributed by atoms with van der Waals surface area (Å²) in [7, 11) is 0. The van der Waals surface area contributed by atoms with Crippen LogP contribution in [0.2, 0.25) is 0 Å². The van der Waals surface area contributed by atoms with E-state index in [0.717, 1.165) is 24.1 Å². The highest BCUT2D eigenvalue weighted by Gasteiger charge is 2.19. The molecule has 1 fully saturated rings. The van der Waals surface area contributed by atoms with Gasteiger partial charge < -0.3 is 14.7 Å². The van der Waals surface area contributed by atoms with Gasteiger partial charge in [0, 0.05) is 13.1 Å². The minimum absolute atomic E-state index is 0.265. The number of aromatic nitrogens is 2. The number of ether oxygens (including phenoxy) is 1. The zero-order chi connectivity index (χ0) is 12.5. The Balaban J connectivity index is 2.13. The highest BCUT2D eigenvalue weighted by Crippen LogP contribution is 2.32. The van der Waals surface area contributed by atoms with Gasteiger partial charge in [-0.15, -0.1) is 11.3 Å². The number of thiophene rings is 1. The van der Waals surface area contributed by atoms with Gasteiger partial charge in [0.2, 0.25) is 0 Å². The number of carbonyl (C=O) groups is 1. The van der Waals surface area contributed by atoms with Gasteiger partial charge in [0.05, 0.1) is 28.3 Å². The molecule has 0 radical (unpaired) electrons. The summed E-state index contributed by atoms with van der Waals surface area (Å²) in [5.41, 5.74) is 0.607. The lowest BCUT2D eigenvalue weighted by Crippen LogP contribution is -2.36. The maximum atomic E-state index is 10.8. The lowest BCUT2D eigenvalue weighted by atomic mass is 10.3. The standard InChI is InChI=1S/C11H11N3O3S/c15-6-7-5-8-9(18-7)10(13-11(16)12-8)14-1-3-17-4-2-14/h5-6H,1-4H2,(H,12,13,16). The third kappa shape index (κ3) is 1.91. The van der Waals surface area contributed by atoms with Crippen molar-refractivity contribution in [2.24, 2.45) is 0 Å². The second-order valence-electron chi connectivity index (χ2n) is 3.93. The number of aromatic hydroxyl groups is 1. The van der Waals surface area contributed by atoms with Crippen molar-refractivity contribution >= 4 is 33.7 Å². The molecule has 0 aliphatic carbocycles. The molecule has 1 saturated heterocycles. The Bertz CT molecular complexity index is 592. The van der Waals surface area contributed by atoms with Crippen LogP contribution in [0.1, 0.15) is 9.67 Å². The van der Waals surface area contributed by atoms with Crippen LogP contribution in [-0.2, 0) is 4.74 Å². The molecule has 1 N–H and O–H groups in total. The van der Waals surface area contributed by atoms with E-state index in [0.29, 0.717) is 29.4 Å². The van der Waals surface area contributed by atoms with Crippen molar-refractivity contribution in [3.05, 3.63) is 10.9 Å². The minimum atomic E-state index is -0.265. The van der Waals surface area contributed by atoms with Crippen LogP contribution in [0.15, 0.2) is 6.07 Å². The molecule has 18 heavy (non-hydrogen) atoms. The van der Waals surface area contributed by atoms with Crippen LogP contribution in [0.25, 0.3) is 10.2 Å². The van der Waals surface area contributed by atoms with E-state index in [2.05, 4.69) is 9.97 Å². The number of anilines is 1. The van der Waals surface area contributed by atoms with Crippen LogP contribution in [0.3, 0.4) is 0 Å². The van der Waals surface area contributed by atoms with Gasteiger partial charge in [0.25, 0.3) is 0 Å². The predicted molar refractivity (Wildman–Crippen MR) is 67.5 cm³/mol. The van der Waals surface area contributed by atoms with Crippen molar-refractivity contribution in [2.45, 2.75) is 0 Å². The van der Waals surface area contributed by atoms with Crippen LogP contribution >= 0.6 is 11.3 Å². The summed E-state index contributed by atoms with van der Waals surface area (Å²) in [6.45, 7) is 2.72. The first-order chi connectivity index (χ1) is 8.78. The summed E-state index contributed by atoms with van der Waals surface area (Å²) in [6, 6.07) is 1.40. The molecular weight excluding hydrogens is 254 g/mol. The summed E-state index contributed by atoms with van der Waals surface area (Å²) >= 11 is 1.34. The van der Waals surface area contributed by atoms with Crippen LogP contribution in [0.5, 0.6) is 6.01 Å². The van der Waals surface area contributed by atoms with E-state index in [1.807, 2.05) is 4.90 Å². The molecule has 6 nitrogen and oxygen atoms in total. The van der Waals surface area contributed by atoms with E-state index in [1.165, 1.54) is 11.3 Å². The highest BCUT2D eigenvalue weighted by atomic mass is 32.1. The lowest BCUT2D eigenvalue weighted by molar-refractivity contribution is 0.112. The Morgan fingerprint density at radius 2 is 2.17 bits per heavy atom. The summed E-state index contributed by atoms with van der Waals surface area (Å²) in [5.74, 6) is 0.680. The van der Waals surface area contributed by atoms with Gasteiger partial charge in [0.1, 0.15) is 0 Å². The normalized spacial score (nSPS) is 16.1. The molecule has 2 aromatic heterocycles. The summed E-state index contributed by atoms with van der Waals surface area (Å²) in [4.78, 5) is 21.5. The highest BCUT2D eigenvalue weighted by molar-refractivity contribution is 7.21. The predicted octanol–water partition coefficient (Wildman–Crippen LogP) is 1.05. The van der Waals surface area contributed by atoms with Crippen molar-refractivity contribution in [2.75, 3.05) is 31.2 Å². The topological polar surface area (TPSA) is 75.5 Å². The number of fused-ring (bicyclic) bond motifs is 1. The van der Waals surface area contributed by atoms with Crippen molar-refractivity contribution in [3.8, 4) is 6.01 Å². The fourth-order valence-corrected chi connectivity index (χ4v) is 2.90. The van der Waals surface area contributed by atoms with Gasteiger partial charge >= 0.3 is 6.01 Å². The summed E-state index contributed by atoms with van der Waals surface area (Å²) in [6.07, 6.45) is 0.784. The van der Waals surface area contributed by atoms with Crippen LogP contribution < -0.4 is 4.90 Å². The molecule has 94 valence electrons. The van der Waals surface area contributed by atoms with Gasteiger partial charge in [0.15, 0.2) is 12.1 Å². The quantitative estimate of drug-likeness (QED) is 0.818. The number of hydrogen-bond donors (Lipinski definition) is 1. The Kier molecular flexibility index (Phi) is 2.85. The maximum absolute atomic E-state index is 10.8. The molecule has 1 aliphatic rings. The average Bonchev–Trinajstić information content (AvgIpc) is 2.81. The van der Waals surface area contributed by atoms with Crippen molar-refractivity contribution in [1.29, 1.82) is 0 Å². The third-order valence-corrected chi connectivity index (χ3v) is 3.83. The summed E-state index contributed by atoms with van der Waals surface area (Å²) in [5, 5.41) is 9.56. The van der Waals surface area contributed by atoms with Gasteiger partial charge in [-0.25, -0.2) is 0 Å². The van der Waals surface area contributed by atoms with E-state index in [1.54, 1.807) is 6.07 Å². The fourth-order valence-electron chi connectivity index (χ4n) is 1.97. The van der Waals surface area contributed by atoms with E-state index >= 15 is 0 Å². The van der Waals surface area contributed by atoms with Crippen molar-refractivity contribution < 1.29 is 14.6 Å². The Morgan fingerprint density at radius 3 is 2.89 bits per heavy atom. The minimum Gasteiger partial charge on any atom is -0.479 e. The Hall–Kier alpha value is -1.73. The number of nitrogens with zero attached hydrogens (tertiary/aromatic N) is 3. The van der Waals surface area contributed by atoms with E-state index in [9.17, 15) is 9.90 Å². The number of hydrogen-bond acceptors (Lipinski definition) is 7. The SMILES string of the molecule is O=Cc1cc2nc(O)nc(N3CCOCC3)c2s1. The molecule has 7 heteroatoms. The molecule has 2 aromatic rings. The molecule has 0 spiro atoms.